The van der Waals surface area contributed by atoms with Gasteiger partial charge < -0.3 is 4.90 Å². The molecule has 2 nitrogen and oxygen atoms in total. The van der Waals surface area contributed by atoms with Crippen molar-refractivity contribution < 1.29 is 4.79 Å². The molecular weight excluding hydrogens is 150 g/mol. The molecule has 0 N–H and O–H groups in total. The zero-order valence-electron chi connectivity index (χ0n) is 7.92. The first kappa shape index (κ1) is 9.30. The lowest BCUT2D eigenvalue weighted by Gasteiger charge is -2.29. The van der Waals surface area contributed by atoms with Gasteiger partial charge in [0, 0.05) is 19.0 Å². The smallest absolute Gasteiger partial charge is 0.226 e. The molecule has 1 atom stereocenters. The van der Waals surface area contributed by atoms with Gasteiger partial charge in [-0.3, -0.25) is 4.79 Å². The van der Waals surface area contributed by atoms with E-state index in [-0.39, 0.29) is 5.91 Å². The molecule has 68 valence electrons. The predicted molar refractivity (Wildman–Crippen MR) is 49.8 cm³/mol. The number of hydrogen-bond acceptors (Lipinski definition) is 1. The van der Waals surface area contributed by atoms with Gasteiger partial charge in [-0.15, -0.1) is 0 Å². The summed E-state index contributed by atoms with van der Waals surface area (Å²) in [5.74, 6) is 0.276. The summed E-state index contributed by atoms with van der Waals surface area (Å²) in [7, 11) is 0. The summed E-state index contributed by atoms with van der Waals surface area (Å²) in [6, 6.07) is 0.304. The molecule has 0 spiro atoms. The summed E-state index contributed by atoms with van der Waals surface area (Å²) >= 11 is 0. The zero-order chi connectivity index (χ0) is 8.97. The third kappa shape index (κ3) is 2.10. The number of nitrogens with zero attached hydrogens (tertiary/aromatic N) is 1. The number of amides is 1. The molecule has 1 aliphatic rings. The lowest BCUT2D eigenvalue weighted by molar-refractivity contribution is -0.132. The maximum Gasteiger partial charge on any atom is 0.226 e. The third-order valence-corrected chi connectivity index (χ3v) is 2.27. The van der Waals surface area contributed by atoms with E-state index in [4.69, 9.17) is 0 Å². The monoisotopic (exact) mass is 167 g/mol. The first-order valence-corrected chi connectivity index (χ1v) is 4.72. The Morgan fingerprint density at radius 1 is 1.67 bits per heavy atom. The van der Waals surface area contributed by atoms with Crippen LogP contribution in [0.25, 0.3) is 0 Å². The summed E-state index contributed by atoms with van der Waals surface area (Å²) in [4.78, 5) is 13.3. The summed E-state index contributed by atoms with van der Waals surface area (Å²) in [6.07, 6.45) is 6.94. The largest absolute Gasteiger partial charge is 0.336 e. The van der Waals surface area contributed by atoms with Crippen molar-refractivity contribution >= 4 is 5.91 Å². The molecule has 1 heterocycles. The Kier molecular flexibility index (Phi) is 3.32. The highest BCUT2D eigenvalue weighted by atomic mass is 16.2. The van der Waals surface area contributed by atoms with Crippen LogP contribution in [0.15, 0.2) is 12.2 Å². The van der Waals surface area contributed by atoms with Crippen molar-refractivity contribution in [3.63, 3.8) is 0 Å². The van der Waals surface area contributed by atoms with E-state index in [1.165, 1.54) is 0 Å². The van der Waals surface area contributed by atoms with Gasteiger partial charge in [0.2, 0.25) is 5.91 Å². The van der Waals surface area contributed by atoms with Crippen LogP contribution in [-0.2, 0) is 4.79 Å². The fourth-order valence-corrected chi connectivity index (χ4v) is 1.47. The van der Waals surface area contributed by atoms with E-state index in [0.29, 0.717) is 12.5 Å². The van der Waals surface area contributed by atoms with Crippen molar-refractivity contribution in [2.75, 3.05) is 6.54 Å². The molecule has 1 amide bonds. The van der Waals surface area contributed by atoms with Crippen LogP contribution in [-0.4, -0.2) is 23.4 Å². The number of hydrogen-bond donors (Lipinski definition) is 0. The van der Waals surface area contributed by atoms with Crippen molar-refractivity contribution in [2.24, 2.45) is 0 Å². The van der Waals surface area contributed by atoms with Gasteiger partial charge in [0.1, 0.15) is 0 Å². The fraction of sp³-hybridized carbons (Fsp3) is 0.700. The Morgan fingerprint density at radius 3 is 3.00 bits per heavy atom. The number of unbranched alkanes of at least 4 members (excludes halogenated alkanes) is 1. The highest BCUT2D eigenvalue weighted by Crippen LogP contribution is 2.11. The molecular formula is C10H17NO. The van der Waals surface area contributed by atoms with E-state index in [1.807, 2.05) is 11.0 Å². The number of carbonyl (C=O) groups excluding carboxylic acids is 1. The molecule has 0 aromatic heterocycles. The molecule has 1 unspecified atom stereocenters. The van der Waals surface area contributed by atoms with E-state index in [9.17, 15) is 4.79 Å². The maximum atomic E-state index is 11.4. The number of carbonyl (C=O) groups is 1. The first-order valence-electron chi connectivity index (χ1n) is 4.72. The van der Waals surface area contributed by atoms with E-state index in [0.717, 1.165) is 19.4 Å². The minimum Gasteiger partial charge on any atom is -0.336 e. The Hall–Kier alpha value is -0.790. The summed E-state index contributed by atoms with van der Waals surface area (Å²) in [5, 5.41) is 0. The SMILES string of the molecule is CCCCN1C(=O)CC=CC1C. The van der Waals surface area contributed by atoms with Crippen molar-refractivity contribution in [3.8, 4) is 0 Å². The van der Waals surface area contributed by atoms with Crippen molar-refractivity contribution in [3.05, 3.63) is 12.2 Å². The standard InChI is InChI=1S/C10H17NO/c1-3-4-8-11-9(2)6-5-7-10(11)12/h5-6,9H,3-4,7-8H2,1-2H3. The van der Waals surface area contributed by atoms with Crippen LogP contribution < -0.4 is 0 Å². The van der Waals surface area contributed by atoms with Crippen LogP contribution in [0, 0.1) is 0 Å². The second-order valence-electron chi connectivity index (χ2n) is 3.31. The Balaban J connectivity index is 2.48. The molecule has 0 saturated carbocycles. The minimum absolute atomic E-state index is 0.276. The Bertz CT molecular complexity index is 186. The van der Waals surface area contributed by atoms with Crippen LogP contribution in [0.3, 0.4) is 0 Å². The predicted octanol–water partition coefficient (Wildman–Crippen LogP) is 1.96. The van der Waals surface area contributed by atoms with Crippen LogP contribution in [0.5, 0.6) is 0 Å². The average Bonchev–Trinajstić information content (AvgIpc) is 2.04. The zero-order valence-corrected chi connectivity index (χ0v) is 7.92. The lowest BCUT2D eigenvalue weighted by Crippen LogP contribution is -2.40. The highest BCUT2D eigenvalue weighted by Gasteiger charge is 2.19. The lowest BCUT2D eigenvalue weighted by atomic mass is 10.1. The first-order chi connectivity index (χ1) is 5.75. The van der Waals surface area contributed by atoms with Crippen LogP contribution >= 0.6 is 0 Å². The quantitative estimate of drug-likeness (QED) is 0.588. The molecule has 0 radical (unpaired) electrons. The fourth-order valence-electron chi connectivity index (χ4n) is 1.47. The molecule has 2 heteroatoms. The third-order valence-electron chi connectivity index (χ3n) is 2.27. The maximum absolute atomic E-state index is 11.4. The molecule has 0 aromatic rings. The summed E-state index contributed by atoms with van der Waals surface area (Å²) in [5.41, 5.74) is 0. The second kappa shape index (κ2) is 4.29. The van der Waals surface area contributed by atoms with E-state index in [2.05, 4.69) is 19.9 Å². The van der Waals surface area contributed by atoms with Gasteiger partial charge in [0.05, 0.1) is 0 Å². The van der Waals surface area contributed by atoms with Crippen LogP contribution in [0.2, 0.25) is 0 Å². The molecule has 1 aliphatic heterocycles. The summed E-state index contributed by atoms with van der Waals surface area (Å²) < 4.78 is 0. The molecule has 0 fully saturated rings. The van der Waals surface area contributed by atoms with Gasteiger partial charge >= 0.3 is 0 Å². The molecule has 0 aliphatic carbocycles. The molecule has 1 rings (SSSR count). The van der Waals surface area contributed by atoms with Gasteiger partial charge in [-0.2, -0.15) is 0 Å². The van der Waals surface area contributed by atoms with Gasteiger partial charge in [0.25, 0.3) is 0 Å². The minimum atomic E-state index is 0.276. The Labute approximate surface area is 74.2 Å². The van der Waals surface area contributed by atoms with E-state index in [1.54, 1.807) is 0 Å². The van der Waals surface area contributed by atoms with E-state index < -0.39 is 0 Å². The highest BCUT2D eigenvalue weighted by molar-refractivity contribution is 5.79. The topological polar surface area (TPSA) is 20.3 Å². The van der Waals surface area contributed by atoms with Crippen molar-refractivity contribution in [2.45, 2.75) is 39.2 Å². The van der Waals surface area contributed by atoms with E-state index >= 15 is 0 Å². The molecule has 0 aromatic carbocycles. The molecule has 0 bridgehead atoms. The summed E-state index contributed by atoms with van der Waals surface area (Å²) in [6.45, 7) is 5.14. The van der Waals surface area contributed by atoms with Crippen molar-refractivity contribution in [1.29, 1.82) is 0 Å². The molecule has 12 heavy (non-hydrogen) atoms. The Morgan fingerprint density at radius 2 is 2.42 bits per heavy atom. The van der Waals surface area contributed by atoms with Gasteiger partial charge in [-0.05, 0) is 13.3 Å². The molecule has 0 saturated heterocycles. The second-order valence-corrected chi connectivity index (χ2v) is 3.31. The van der Waals surface area contributed by atoms with Crippen LogP contribution in [0.4, 0.5) is 0 Å². The van der Waals surface area contributed by atoms with Crippen LogP contribution in [0.1, 0.15) is 33.1 Å². The average molecular weight is 167 g/mol. The van der Waals surface area contributed by atoms with Gasteiger partial charge in [0.15, 0.2) is 0 Å². The normalized spacial score (nSPS) is 23.3. The van der Waals surface area contributed by atoms with Gasteiger partial charge in [-0.1, -0.05) is 25.5 Å². The van der Waals surface area contributed by atoms with Crippen molar-refractivity contribution in [1.82, 2.24) is 4.90 Å². The number of rotatable bonds is 3. The van der Waals surface area contributed by atoms with Gasteiger partial charge in [-0.25, -0.2) is 0 Å².